The van der Waals surface area contributed by atoms with E-state index < -0.39 is 0 Å². The molecule has 0 radical (unpaired) electrons. The number of hydrazine groups is 1. The zero-order valence-corrected chi connectivity index (χ0v) is 8.16. The van der Waals surface area contributed by atoms with Gasteiger partial charge in [0, 0.05) is 12.6 Å². The normalized spacial score (nSPS) is 24.0. The Balaban J connectivity index is 2.18. The summed E-state index contributed by atoms with van der Waals surface area (Å²) in [6.45, 7) is 2.08. The van der Waals surface area contributed by atoms with Gasteiger partial charge in [-0.2, -0.15) is 0 Å². The zero-order valence-electron chi connectivity index (χ0n) is 7.34. The lowest BCUT2D eigenvalue weighted by atomic mass is 10.2. The quantitative estimate of drug-likeness (QED) is 0.307. The highest BCUT2D eigenvalue weighted by atomic mass is 32.1. The van der Waals surface area contributed by atoms with Crippen LogP contribution in [0.1, 0.15) is 12.8 Å². The van der Waals surface area contributed by atoms with Crippen LogP contribution in [0.5, 0.6) is 0 Å². The van der Waals surface area contributed by atoms with E-state index in [1.807, 2.05) is 0 Å². The third-order valence-electron chi connectivity index (χ3n) is 2.30. The number of thiocarbonyl (C=S) groups is 1. The monoisotopic (exact) mass is 188 g/mol. The maximum absolute atomic E-state index is 5.12. The fraction of sp³-hybridized carbons (Fsp3) is 0.857. The summed E-state index contributed by atoms with van der Waals surface area (Å²) in [6, 6.07) is 0.608. The fourth-order valence-corrected chi connectivity index (χ4v) is 1.58. The van der Waals surface area contributed by atoms with Crippen molar-refractivity contribution in [1.82, 2.24) is 15.6 Å². The number of rotatable bonds is 2. The number of hydrogen-bond acceptors (Lipinski definition) is 3. The first-order valence-corrected chi connectivity index (χ1v) is 4.59. The third kappa shape index (κ3) is 2.58. The average molecular weight is 188 g/mol. The van der Waals surface area contributed by atoms with Crippen LogP contribution in [0, 0.1) is 0 Å². The van der Waals surface area contributed by atoms with E-state index >= 15 is 0 Å². The van der Waals surface area contributed by atoms with Crippen molar-refractivity contribution < 1.29 is 0 Å². The van der Waals surface area contributed by atoms with Gasteiger partial charge in [-0.1, -0.05) is 0 Å². The number of hydrogen-bond donors (Lipinski definition) is 3. The Morgan fingerprint density at radius 3 is 3.00 bits per heavy atom. The summed E-state index contributed by atoms with van der Waals surface area (Å²) in [5.74, 6) is 5.12. The van der Waals surface area contributed by atoms with Gasteiger partial charge >= 0.3 is 0 Å². The fourth-order valence-electron chi connectivity index (χ4n) is 1.50. The molecule has 4 nitrogen and oxygen atoms in total. The molecule has 1 saturated heterocycles. The predicted molar refractivity (Wildman–Crippen MR) is 53.6 cm³/mol. The lowest BCUT2D eigenvalue weighted by molar-refractivity contribution is 0.310. The van der Waals surface area contributed by atoms with Gasteiger partial charge in [0.2, 0.25) is 0 Å². The smallest absolute Gasteiger partial charge is 0.180 e. The minimum atomic E-state index is 0.523. The Labute approximate surface area is 78.5 Å². The molecule has 0 spiro atoms. The van der Waals surface area contributed by atoms with E-state index in [0.717, 1.165) is 6.54 Å². The van der Waals surface area contributed by atoms with E-state index in [9.17, 15) is 0 Å². The number of nitrogens with one attached hydrogen (secondary N) is 2. The highest BCUT2D eigenvalue weighted by Crippen LogP contribution is 2.13. The first kappa shape index (κ1) is 9.70. The molecule has 5 heteroatoms. The van der Waals surface area contributed by atoms with Crippen molar-refractivity contribution in [2.75, 3.05) is 20.1 Å². The molecule has 0 bridgehead atoms. The van der Waals surface area contributed by atoms with Gasteiger partial charge < -0.3 is 15.6 Å². The molecular weight excluding hydrogens is 172 g/mol. The van der Waals surface area contributed by atoms with Gasteiger partial charge in [-0.15, -0.1) is 0 Å². The van der Waals surface area contributed by atoms with Crippen LogP contribution in [0.25, 0.3) is 0 Å². The van der Waals surface area contributed by atoms with Crippen LogP contribution >= 0.6 is 12.2 Å². The molecule has 0 aromatic carbocycles. The summed E-state index contributed by atoms with van der Waals surface area (Å²) in [5, 5.41) is 3.58. The summed E-state index contributed by atoms with van der Waals surface area (Å²) in [4.78, 5) is 2.34. The van der Waals surface area contributed by atoms with Crippen LogP contribution in [0.2, 0.25) is 0 Å². The van der Waals surface area contributed by atoms with Crippen LogP contribution in [0.15, 0.2) is 0 Å². The Bertz CT molecular complexity index is 161. The molecule has 0 aliphatic carbocycles. The summed E-state index contributed by atoms with van der Waals surface area (Å²) in [5.41, 5.74) is 2.41. The minimum absolute atomic E-state index is 0.523. The summed E-state index contributed by atoms with van der Waals surface area (Å²) >= 11 is 4.86. The minimum Gasteiger partial charge on any atom is -0.360 e. The van der Waals surface area contributed by atoms with Crippen molar-refractivity contribution in [3.05, 3.63) is 0 Å². The van der Waals surface area contributed by atoms with E-state index in [-0.39, 0.29) is 0 Å². The first-order chi connectivity index (χ1) is 5.74. The van der Waals surface area contributed by atoms with Crippen LogP contribution in [-0.2, 0) is 0 Å². The van der Waals surface area contributed by atoms with Crippen LogP contribution in [0.3, 0.4) is 0 Å². The Hall–Kier alpha value is -0.390. The Kier molecular flexibility index (Phi) is 3.71. The van der Waals surface area contributed by atoms with Crippen molar-refractivity contribution in [2.45, 2.75) is 18.9 Å². The number of nitrogens with zero attached hydrogens (tertiary/aromatic N) is 1. The van der Waals surface area contributed by atoms with E-state index in [0.29, 0.717) is 11.2 Å². The Morgan fingerprint density at radius 1 is 1.75 bits per heavy atom. The first-order valence-electron chi connectivity index (χ1n) is 4.18. The lowest BCUT2D eigenvalue weighted by Crippen LogP contribution is -2.45. The van der Waals surface area contributed by atoms with Gasteiger partial charge in [0.15, 0.2) is 5.11 Å². The largest absolute Gasteiger partial charge is 0.360 e. The summed E-state index contributed by atoms with van der Waals surface area (Å²) in [7, 11) is 2.14. The second-order valence-electron chi connectivity index (χ2n) is 3.13. The van der Waals surface area contributed by atoms with Crippen LogP contribution < -0.4 is 16.6 Å². The molecule has 0 aromatic heterocycles. The van der Waals surface area contributed by atoms with E-state index in [1.54, 1.807) is 0 Å². The number of likely N-dealkylation sites (tertiary alicyclic amines) is 1. The van der Waals surface area contributed by atoms with Crippen molar-refractivity contribution >= 4 is 17.3 Å². The standard InChI is InChI=1S/C7H16N4S/c1-11-4-2-3-6(11)5-9-7(12)10-8/h6H,2-5,8H2,1H3,(H2,9,10,12). The average Bonchev–Trinajstić information content (AvgIpc) is 2.47. The van der Waals surface area contributed by atoms with Gasteiger partial charge in [-0.05, 0) is 38.7 Å². The van der Waals surface area contributed by atoms with Crippen LogP contribution in [0.4, 0.5) is 0 Å². The zero-order chi connectivity index (χ0) is 8.97. The molecule has 0 amide bonds. The van der Waals surface area contributed by atoms with Crippen molar-refractivity contribution in [1.29, 1.82) is 0 Å². The predicted octanol–water partition coefficient (Wildman–Crippen LogP) is -0.582. The SMILES string of the molecule is CN1CCCC1CNC(=S)NN. The van der Waals surface area contributed by atoms with E-state index in [4.69, 9.17) is 18.1 Å². The van der Waals surface area contributed by atoms with Gasteiger partial charge in [0.1, 0.15) is 0 Å². The lowest BCUT2D eigenvalue weighted by Gasteiger charge is -2.20. The molecule has 0 saturated carbocycles. The second kappa shape index (κ2) is 4.59. The topological polar surface area (TPSA) is 53.3 Å². The summed E-state index contributed by atoms with van der Waals surface area (Å²) < 4.78 is 0. The number of likely N-dealkylation sites (N-methyl/N-ethyl adjacent to an activating group) is 1. The Morgan fingerprint density at radius 2 is 2.50 bits per heavy atom. The molecule has 1 atom stereocenters. The highest BCUT2D eigenvalue weighted by molar-refractivity contribution is 7.80. The van der Waals surface area contributed by atoms with E-state index in [1.165, 1.54) is 19.4 Å². The maximum atomic E-state index is 5.12. The van der Waals surface area contributed by atoms with Crippen molar-refractivity contribution in [3.8, 4) is 0 Å². The number of nitrogens with two attached hydrogens (primary N) is 1. The van der Waals surface area contributed by atoms with Crippen molar-refractivity contribution in [3.63, 3.8) is 0 Å². The van der Waals surface area contributed by atoms with Crippen LogP contribution in [-0.4, -0.2) is 36.2 Å². The molecule has 0 aromatic rings. The van der Waals surface area contributed by atoms with Gasteiger partial charge in [0.05, 0.1) is 0 Å². The molecule has 1 aliphatic heterocycles. The van der Waals surface area contributed by atoms with Crippen molar-refractivity contribution in [2.24, 2.45) is 5.84 Å². The third-order valence-corrected chi connectivity index (χ3v) is 2.56. The highest BCUT2D eigenvalue weighted by Gasteiger charge is 2.20. The molecule has 70 valence electrons. The van der Waals surface area contributed by atoms with Gasteiger partial charge in [-0.25, -0.2) is 5.84 Å². The van der Waals surface area contributed by atoms with Gasteiger partial charge in [-0.3, -0.25) is 0 Å². The van der Waals surface area contributed by atoms with E-state index in [2.05, 4.69) is 22.7 Å². The molecule has 4 N–H and O–H groups in total. The molecular formula is C7H16N4S. The molecule has 12 heavy (non-hydrogen) atoms. The molecule has 1 unspecified atom stereocenters. The van der Waals surface area contributed by atoms with Gasteiger partial charge in [0.25, 0.3) is 0 Å². The maximum Gasteiger partial charge on any atom is 0.180 e. The second-order valence-corrected chi connectivity index (χ2v) is 3.54. The molecule has 1 heterocycles. The molecule has 1 rings (SSSR count). The summed E-state index contributed by atoms with van der Waals surface area (Å²) in [6.07, 6.45) is 2.53. The molecule has 1 aliphatic rings. The molecule has 1 fully saturated rings.